The van der Waals surface area contributed by atoms with Crippen LogP contribution in [0.4, 0.5) is 0 Å². The molecule has 0 atom stereocenters. The van der Waals surface area contributed by atoms with E-state index in [0.29, 0.717) is 10.0 Å². The fourth-order valence-corrected chi connectivity index (χ4v) is 5.41. The van der Waals surface area contributed by atoms with Gasteiger partial charge in [-0.2, -0.15) is 0 Å². The van der Waals surface area contributed by atoms with Crippen molar-refractivity contribution < 1.29 is 19.1 Å². The highest BCUT2D eigenvalue weighted by Gasteiger charge is 2.44. The lowest BCUT2D eigenvalue weighted by molar-refractivity contribution is -0.149. The molecule has 0 unspecified atom stereocenters. The Morgan fingerprint density at radius 2 is 1.00 bits per heavy atom. The molecule has 0 saturated carbocycles. The molecule has 0 bridgehead atoms. The molecule has 0 radical (unpaired) electrons. The van der Waals surface area contributed by atoms with Crippen molar-refractivity contribution in [2.24, 2.45) is 0 Å². The smallest absolute Gasteiger partial charge is 0.307 e. The maximum absolute atomic E-state index is 13.4. The van der Waals surface area contributed by atoms with Crippen LogP contribution in [0.15, 0.2) is 97.1 Å². The third kappa shape index (κ3) is 5.77. The van der Waals surface area contributed by atoms with Gasteiger partial charge in [-0.05, 0) is 64.1 Å². The van der Waals surface area contributed by atoms with Gasteiger partial charge in [-0.1, -0.05) is 96.0 Å². The zero-order valence-electron chi connectivity index (χ0n) is 20.7. The van der Waals surface area contributed by atoms with Crippen molar-refractivity contribution in [3.63, 3.8) is 0 Å². The minimum Gasteiger partial charge on any atom is -0.461 e. The van der Waals surface area contributed by atoms with Crippen LogP contribution in [0.1, 0.15) is 46.2 Å². The SMILES string of the molecule is O=C(CC1(CC(=O)OCc2ccc(Cl)cc2)c2ccccc2Cc2ccccc21)OCc1ccc(Cl)cc1. The number of carbonyl (C=O) groups is 2. The zero-order chi connectivity index (χ0) is 26.5. The van der Waals surface area contributed by atoms with Crippen LogP contribution >= 0.6 is 23.2 Å². The molecule has 0 aliphatic heterocycles. The third-order valence-corrected chi connectivity index (χ3v) is 7.47. The molecule has 4 nitrogen and oxygen atoms in total. The molecule has 192 valence electrons. The van der Waals surface area contributed by atoms with Crippen molar-refractivity contribution in [3.8, 4) is 0 Å². The normalized spacial score (nSPS) is 13.2. The molecular weight excluding hydrogens is 519 g/mol. The second-order valence-electron chi connectivity index (χ2n) is 9.50. The van der Waals surface area contributed by atoms with Crippen molar-refractivity contribution >= 4 is 35.1 Å². The van der Waals surface area contributed by atoms with Crippen LogP contribution in [-0.4, -0.2) is 11.9 Å². The number of ether oxygens (including phenoxy) is 2. The second kappa shape index (κ2) is 11.4. The first-order valence-corrected chi connectivity index (χ1v) is 13.2. The minimum absolute atomic E-state index is 0.00462. The van der Waals surface area contributed by atoms with Crippen LogP contribution in [0.25, 0.3) is 0 Å². The molecule has 38 heavy (non-hydrogen) atoms. The highest BCUT2D eigenvalue weighted by atomic mass is 35.5. The predicted molar refractivity (Wildman–Crippen MR) is 148 cm³/mol. The topological polar surface area (TPSA) is 52.6 Å². The first-order valence-electron chi connectivity index (χ1n) is 12.4. The molecule has 5 rings (SSSR count). The van der Waals surface area contributed by atoms with Crippen molar-refractivity contribution in [2.45, 2.75) is 37.9 Å². The fourth-order valence-electron chi connectivity index (χ4n) is 5.16. The summed E-state index contributed by atoms with van der Waals surface area (Å²) in [5.41, 5.74) is 4.83. The van der Waals surface area contributed by atoms with E-state index in [1.807, 2.05) is 60.7 Å². The van der Waals surface area contributed by atoms with E-state index in [1.165, 1.54) is 0 Å². The van der Waals surface area contributed by atoms with Gasteiger partial charge in [0.1, 0.15) is 13.2 Å². The summed E-state index contributed by atoms with van der Waals surface area (Å²) in [4.78, 5) is 26.7. The molecular formula is C32H26Cl2O4. The summed E-state index contributed by atoms with van der Waals surface area (Å²) >= 11 is 12.0. The summed E-state index contributed by atoms with van der Waals surface area (Å²) < 4.78 is 11.4. The molecule has 1 aliphatic carbocycles. The maximum atomic E-state index is 13.4. The van der Waals surface area contributed by atoms with Crippen LogP contribution < -0.4 is 0 Å². The zero-order valence-corrected chi connectivity index (χ0v) is 22.2. The Bertz CT molecular complexity index is 1330. The molecule has 0 heterocycles. The van der Waals surface area contributed by atoms with Gasteiger partial charge < -0.3 is 9.47 Å². The Labute approximate surface area is 232 Å². The summed E-state index contributed by atoms with van der Waals surface area (Å²) in [6.07, 6.45) is 0.739. The summed E-state index contributed by atoms with van der Waals surface area (Å²) in [5.74, 6) is -0.783. The van der Waals surface area contributed by atoms with E-state index in [1.54, 1.807) is 24.3 Å². The van der Waals surface area contributed by atoms with Crippen LogP contribution in [0.5, 0.6) is 0 Å². The molecule has 0 saturated heterocycles. The van der Waals surface area contributed by atoms with Crippen LogP contribution in [0.2, 0.25) is 10.0 Å². The number of rotatable bonds is 8. The number of carbonyl (C=O) groups excluding carboxylic acids is 2. The van der Waals surface area contributed by atoms with E-state index in [4.69, 9.17) is 32.7 Å². The van der Waals surface area contributed by atoms with E-state index >= 15 is 0 Å². The number of benzene rings is 4. The second-order valence-corrected chi connectivity index (χ2v) is 10.4. The highest BCUT2D eigenvalue weighted by molar-refractivity contribution is 6.30. The lowest BCUT2D eigenvalue weighted by Crippen LogP contribution is -2.38. The molecule has 0 aromatic heterocycles. The van der Waals surface area contributed by atoms with Gasteiger partial charge in [0.15, 0.2) is 0 Å². The van der Waals surface area contributed by atoms with Crippen molar-refractivity contribution in [3.05, 3.63) is 140 Å². The molecule has 0 spiro atoms. The monoisotopic (exact) mass is 544 g/mol. The highest BCUT2D eigenvalue weighted by Crippen LogP contribution is 2.47. The average Bonchev–Trinajstić information content (AvgIpc) is 2.92. The summed E-state index contributed by atoms with van der Waals surface area (Å²) in [7, 11) is 0. The molecule has 6 heteroatoms. The van der Waals surface area contributed by atoms with E-state index in [2.05, 4.69) is 12.1 Å². The van der Waals surface area contributed by atoms with Crippen molar-refractivity contribution in [2.75, 3.05) is 0 Å². The van der Waals surface area contributed by atoms with Gasteiger partial charge in [0, 0.05) is 15.5 Å². The first kappa shape index (κ1) is 26.0. The Morgan fingerprint density at radius 3 is 1.42 bits per heavy atom. The molecule has 4 aromatic carbocycles. The molecule has 0 fully saturated rings. The van der Waals surface area contributed by atoms with Crippen LogP contribution in [0.3, 0.4) is 0 Å². The number of fused-ring (bicyclic) bond motifs is 2. The van der Waals surface area contributed by atoms with E-state index in [0.717, 1.165) is 39.8 Å². The maximum Gasteiger partial charge on any atom is 0.307 e. The molecule has 0 N–H and O–H groups in total. The van der Waals surface area contributed by atoms with Crippen LogP contribution in [-0.2, 0) is 44.1 Å². The Hall–Kier alpha value is -3.60. The number of esters is 2. The minimum atomic E-state index is -0.917. The standard InChI is InChI=1S/C32H26Cl2O4/c33-26-13-9-22(10-14-26)20-37-30(35)18-32(19-31(36)38-21-23-11-15-27(34)16-12-23)28-7-3-1-5-24(28)17-25-6-2-4-8-29(25)32/h1-16H,17-21H2. The molecule has 0 amide bonds. The van der Waals surface area contributed by atoms with E-state index in [9.17, 15) is 9.59 Å². The van der Waals surface area contributed by atoms with Crippen LogP contribution in [0, 0.1) is 0 Å². The number of halogens is 2. The third-order valence-electron chi connectivity index (χ3n) is 6.97. The van der Waals surface area contributed by atoms with Crippen molar-refractivity contribution in [1.82, 2.24) is 0 Å². The largest absolute Gasteiger partial charge is 0.461 e. The van der Waals surface area contributed by atoms with Crippen molar-refractivity contribution in [1.29, 1.82) is 0 Å². The summed E-state index contributed by atoms with van der Waals surface area (Å²) in [5, 5.41) is 1.23. The van der Waals surface area contributed by atoms with Gasteiger partial charge in [-0.3, -0.25) is 9.59 Å². The fraction of sp³-hybridized carbons (Fsp3) is 0.188. The first-order chi connectivity index (χ1) is 18.4. The lowest BCUT2D eigenvalue weighted by Gasteiger charge is -2.40. The Kier molecular flexibility index (Phi) is 7.82. The van der Waals surface area contributed by atoms with Gasteiger partial charge >= 0.3 is 11.9 Å². The van der Waals surface area contributed by atoms with Gasteiger partial charge in [0.05, 0.1) is 12.8 Å². The quantitative estimate of drug-likeness (QED) is 0.216. The number of hydrogen-bond donors (Lipinski definition) is 0. The van der Waals surface area contributed by atoms with Gasteiger partial charge in [0.25, 0.3) is 0 Å². The average molecular weight is 545 g/mol. The molecule has 1 aliphatic rings. The Morgan fingerprint density at radius 1 is 0.605 bits per heavy atom. The van der Waals surface area contributed by atoms with E-state index in [-0.39, 0.29) is 26.1 Å². The molecule has 4 aromatic rings. The Balaban J connectivity index is 1.44. The van der Waals surface area contributed by atoms with Gasteiger partial charge in [-0.15, -0.1) is 0 Å². The predicted octanol–water partition coefficient (Wildman–Crippen LogP) is 7.45. The summed E-state index contributed by atoms with van der Waals surface area (Å²) in [6.45, 7) is 0.243. The van der Waals surface area contributed by atoms with Gasteiger partial charge in [-0.25, -0.2) is 0 Å². The van der Waals surface area contributed by atoms with E-state index < -0.39 is 17.4 Å². The summed E-state index contributed by atoms with van der Waals surface area (Å²) in [6, 6.07) is 30.3. The number of hydrogen-bond acceptors (Lipinski definition) is 4. The lowest BCUT2D eigenvalue weighted by atomic mass is 9.63. The van der Waals surface area contributed by atoms with Gasteiger partial charge in [0.2, 0.25) is 0 Å².